The van der Waals surface area contributed by atoms with E-state index in [0.29, 0.717) is 22.6 Å². The first-order chi connectivity index (χ1) is 7.11. The first kappa shape index (κ1) is 9.71. The van der Waals surface area contributed by atoms with E-state index in [4.69, 9.17) is 5.73 Å². The molecule has 0 unspecified atom stereocenters. The van der Waals surface area contributed by atoms with Gasteiger partial charge in [0.2, 0.25) is 0 Å². The molecule has 0 spiro atoms. The molecule has 0 aliphatic heterocycles. The third kappa shape index (κ3) is 1.48. The minimum absolute atomic E-state index is 0.232. The molecular formula is C11H12FN3. The molecule has 1 heterocycles. The van der Waals surface area contributed by atoms with Gasteiger partial charge in [-0.25, -0.2) is 4.39 Å². The van der Waals surface area contributed by atoms with Gasteiger partial charge < -0.3 is 5.73 Å². The molecule has 0 bridgehead atoms. The van der Waals surface area contributed by atoms with Crippen molar-refractivity contribution in [2.45, 2.75) is 13.8 Å². The Bertz CT molecular complexity index is 503. The van der Waals surface area contributed by atoms with Crippen LogP contribution in [0.5, 0.6) is 0 Å². The van der Waals surface area contributed by atoms with Gasteiger partial charge in [-0.3, -0.25) is 5.10 Å². The van der Waals surface area contributed by atoms with E-state index in [2.05, 4.69) is 10.2 Å². The molecule has 2 aromatic rings. The van der Waals surface area contributed by atoms with E-state index < -0.39 is 0 Å². The average molecular weight is 205 g/mol. The summed E-state index contributed by atoms with van der Waals surface area (Å²) in [5.41, 5.74) is 8.15. The van der Waals surface area contributed by atoms with E-state index in [9.17, 15) is 4.39 Å². The van der Waals surface area contributed by atoms with Crippen LogP contribution < -0.4 is 5.73 Å². The number of hydrogen-bond acceptors (Lipinski definition) is 2. The lowest BCUT2D eigenvalue weighted by atomic mass is 10.1. The Morgan fingerprint density at radius 3 is 2.67 bits per heavy atom. The van der Waals surface area contributed by atoms with E-state index in [1.807, 2.05) is 13.0 Å². The van der Waals surface area contributed by atoms with Gasteiger partial charge in [0.05, 0.1) is 5.69 Å². The molecule has 3 N–H and O–H groups in total. The lowest BCUT2D eigenvalue weighted by Gasteiger charge is -2.03. The van der Waals surface area contributed by atoms with E-state index in [0.717, 1.165) is 5.56 Å². The number of nitrogens with one attached hydrogen (secondary N) is 1. The molecule has 0 saturated heterocycles. The fourth-order valence-electron chi connectivity index (χ4n) is 1.51. The molecule has 2 rings (SSSR count). The number of nitrogen functional groups attached to an aromatic ring is 1. The molecular weight excluding hydrogens is 193 g/mol. The fourth-order valence-corrected chi connectivity index (χ4v) is 1.51. The number of halogens is 1. The van der Waals surface area contributed by atoms with Gasteiger partial charge in [0, 0.05) is 11.1 Å². The van der Waals surface area contributed by atoms with Crippen LogP contribution in [0, 0.1) is 19.7 Å². The highest BCUT2D eigenvalue weighted by Gasteiger charge is 2.13. The Labute approximate surface area is 87.1 Å². The van der Waals surface area contributed by atoms with E-state index >= 15 is 0 Å². The number of H-pyrrole nitrogens is 1. The van der Waals surface area contributed by atoms with Crippen LogP contribution in [-0.4, -0.2) is 10.2 Å². The Balaban J connectivity index is 2.64. The summed E-state index contributed by atoms with van der Waals surface area (Å²) >= 11 is 0. The number of nitrogens with zero attached hydrogens (tertiary/aromatic N) is 1. The number of rotatable bonds is 1. The first-order valence-corrected chi connectivity index (χ1v) is 4.67. The van der Waals surface area contributed by atoms with Gasteiger partial charge in [0.1, 0.15) is 11.6 Å². The van der Waals surface area contributed by atoms with Crippen LogP contribution >= 0.6 is 0 Å². The number of aromatic amines is 1. The Morgan fingerprint density at radius 1 is 1.33 bits per heavy atom. The lowest BCUT2D eigenvalue weighted by molar-refractivity contribution is 0.621. The second-order valence-corrected chi connectivity index (χ2v) is 3.55. The van der Waals surface area contributed by atoms with E-state index in [1.54, 1.807) is 19.1 Å². The number of aromatic nitrogens is 2. The van der Waals surface area contributed by atoms with Gasteiger partial charge in [0.25, 0.3) is 0 Å². The van der Waals surface area contributed by atoms with Gasteiger partial charge in [-0.1, -0.05) is 12.1 Å². The van der Waals surface area contributed by atoms with Crippen LogP contribution in [0.4, 0.5) is 10.2 Å². The smallest absolute Gasteiger partial charge is 0.148 e. The molecule has 0 aliphatic rings. The quantitative estimate of drug-likeness (QED) is 0.751. The van der Waals surface area contributed by atoms with Crippen molar-refractivity contribution >= 4 is 5.82 Å². The lowest BCUT2D eigenvalue weighted by Crippen LogP contribution is -1.90. The summed E-state index contributed by atoms with van der Waals surface area (Å²) in [6.45, 7) is 3.55. The van der Waals surface area contributed by atoms with E-state index in [-0.39, 0.29) is 5.82 Å². The monoisotopic (exact) mass is 205 g/mol. The van der Waals surface area contributed by atoms with Gasteiger partial charge in [0.15, 0.2) is 0 Å². The summed E-state index contributed by atoms with van der Waals surface area (Å²) in [4.78, 5) is 0. The second-order valence-electron chi connectivity index (χ2n) is 3.55. The van der Waals surface area contributed by atoms with Gasteiger partial charge in [-0.2, -0.15) is 5.10 Å². The van der Waals surface area contributed by atoms with E-state index in [1.165, 1.54) is 0 Å². The maximum absolute atomic E-state index is 13.8. The third-order valence-corrected chi connectivity index (χ3v) is 2.51. The minimum Gasteiger partial charge on any atom is -0.382 e. The van der Waals surface area contributed by atoms with Crippen LogP contribution in [0.1, 0.15) is 11.1 Å². The fraction of sp³-hybridized carbons (Fsp3) is 0.182. The van der Waals surface area contributed by atoms with Crippen LogP contribution in [-0.2, 0) is 0 Å². The SMILES string of the molecule is Cc1cccc(-c2[nH]nc(N)c2C)c1F. The second kappa shape index (κ2) is 3.38. The number of anilines is 1. The molecule has 78 valence electrons. The van der Waals surface area contributed by atoms with Crippen molar-refractivity contribution in [2.75, 3.05) is 5.73 Å². The number of benzene rings is 1. The molecule has 0 radical (unpaired) electrons. The maximum Gasteiger partial charge on any atom is 0.148 e. The predicted molar refractivity (Wildman–Crippen MR) is 57.9 cm³/mol. The third-order valence-electron chi connectivity index (χ3n) is 2.51. The van der Waals surface area contributed by atoms with Crippen molar-refractivity contribution in [1.29, 1.82) is 0 Å². The number of hydrogen-bond donors (Lipinski definition) is 2. The Hall–Kier alpha value is -1.84. The highest BCUT2D eigenvalue weighted by atomic mass is 19.1. The molecule has 0 atom stereocenters. The normalized spacial score (nSPS) is 10.6. The van der Waals surface area contributed by atoms with Crippen LogP contribution in [0.3, 0.4) is 0 Å². The summed E-state index contributed by atoms with van der Waals surface area (Å²) < 4.78 is 13.8. The van der Waals surface area contributed by atoms with Crippen LogP contribution in [0.15, 0.2) is 18.2 Å². The summed E-state index contributed by atoms with van der Waals surface area (Å²) in [7, 11) is 0. The predicted octanol–water partition coefficient (Wildman–Crippen LogP) is 2.41. The van der Waals surface area contributed by atoms with Gasteiger partial charge in [-0.15, -0.1) is 0 Å². The molecule has 0 amide bonds. The van der Waals surface area contributed by atoms with Crippen molar-refractivity contribution in [1.82, 2.24) is 10.2 Å². The summed E-state index contributed by atoms with van der Waals surface area (Å²) in [5, 5.41) is 6.59. The highest BCUT2D eigenvalue weighted by molar-refractivity contribution is 5.68. The number of aryl methyl sites for hydroxylation is 1. The Morgan fingerprint density at radius 2 is 2.07 bits per heavy atom. The summed E-state index contributed by atoms with van der Waals surface area (Å²) in [6, 6.07) is 5.25. The van der Waals surface area contributed by atoms with Crippen molar-refractivity contribution in [3.63, 3.8) is 0 Å². The molecule has 1 aromatic heterocycles. The largest absolute Gasteiger partial charge is 0.382 e. The molecule has 1 aromatic carbocycles. The molecule has 0 saturated carbocycles. The first-order valence-electron chi connectivity index (χ1n) is 4.67. The molecule has 4 heteroatoms. The molecule has 3 nitrogen and oxygen atoms in total. The minimum atomic E-state index is -0.232. The number of nitrogens with two attached hydrogens (primary N) is 1. The highest BCUT2D eigenvalue weighted by Crippen LogP contribution is 2.27. The van der Waals surface area contributed by atoms with Crippen LogP contribution in [0.2, 0.25) is 0 Å². The molecule has 15 heavy (non-hydrogen) atoms. The van der Waals surface area contributed by atoms with Crippen molar-refractivity contribution in [2.24, 2.45) is 0 Å². The Kier molecular flexibility index (Phi) is 2.19. The summed E-state index contributed by atoms with van der Waals surface area (Å²) in [6.07, 6.45) is 0. The zero-order valence-corrected chi connectivity index (χ0v) is 8.63. The topological polar surface area (TPSA) is 54.7 Å². The van der Waals surface area contributed by atoms with Crippen LogP contribution in [0.25, 0.3) is 11.3 Å². The van der Waals surface area contributed by atoms with Crippen molar-refractivity contribution in [3.8, 4) is 11.3 Å². The zero-order chi connectivity index (χ0) is 11.0. The maximum atomic E-state index is 13.8. The van der Waals surface area contributed by atoms with Crippen molar-refractivity contribution in [3.05, 3.63) is 35.1 Å². The van der Waals surface area contributed by atoms with Gasteiger partial charge >= 0.3 is 0 Å². The standard InChI is InChI=1S/C11H12FN3/c1-6-4-3-5-8(9(6)12)10-7(2)11(13)15-14-10/h3-5H,1-2H3,(H3,13,14,15). The molecule has 0 aliphatic carbocycles. The summed E-state index contributed by atoms with van der Waals surface area (Å²) in [5.74, 6) is 0.176. The average Bonchev–Trinajstić information content (AvgIpc) is 2.53. The zero-order valence-electron chi connectivity index (χ0n) is 8.63. The van der Waals surface area contributed by atoms with Gasteiger partial charge in [-0.05, 0) is 25.5 Å². The van der Waals surface area contributed by atoms with Crippen molar-refractivity contribution < 1.29 is 4.39 Å². The molecule has 0 fully saturated rings.